The third kappa shape index (κ3) is 1.65. The lowest BCUT2D eigenvalue weighted by atomic mass is 9.92. The van der Waals surface area contributed by atoms with E-state index in [0.717, 1.165) is 16.7 Å². The van der Waals surface area contributed by atoms with Gasteiger partial charge in [-0.2, -0.15) is 0 Å². The van der Waals surface area contributed by atoms with Gasteiger partial charge in [-0.1, -0.05) is 35.4 Å². The zero-order valence-corrected chi connectivity index (χ0v) is 11.1. The van der Waals surface area contributed by atoms with Crippen LogP contribution in [0.25, 0.3) is 0 Å². The Morgan fingerprint density at radius 1 is 1.41 bits per heavy atom. The van der Waals surface area contributed by atoms with Crippen LogP contribution in [0.5, 0.6) is 0 Å². The molecule has 4 heteroatoms. The average molecular weight is 255 g/mol. The molecule has 1 aliphatic heterocycles. The monoisotopic (exact) mass is 254 g/mol. The van der Waals surface area contributed by atoms with Crippen molar-refractivity contribution in [3.63, 3.8) is 0 Å². The second-order valence-corrected chi connectivity index (χ2v) is 5.07. The number of esters is 1. The van der Waals surface area contributed by atoms with Crippen LogP contribution in [-0.2, 0) is 19.9 Å². The van der Waals surface area contributed by atoms with Crippen LogP contribution >= 0.6 is 11.6 Å². The van der Waals surface area contributed by atoms with Gasteiger partial charge >= 0.3 is 5.97 Å². The lowest BCUT2D eigenvalue weighted by Gasteiger charge is -2.13. The summed E-state index contributed by atoms with van der Waals surface area (Å²) in [5, 5.41) is -1.39. The highest BCUT2D eigenvalue weighted by Gasteiger charge is 2.73. The maximum Gasteiger partial charge on any atom is 0.357 e. The van der Waals surface area contributed by atoms with E-state index in [1.807, 2.05) is 32.0 Å². The van der Waals surface area contributed by atoms with Crippen molar-refractivity contribution in [2.24, 2.45) is 0 Å². The normalized spacial score (nSPS) is 31.1. The Labute approximate surface area is 106 Å². The number of halogens is 1. The minimum atomic E-state index is -1.39. The molecular weight excluding hydrogens is 240 g/mol. The standard InChI is InChI=1S/C13H15ClO3/c1-8-5-6-10(9(2)7-8)12(3)13(14,17-12)11(15)16-4/h5-7H,1-4H3. The van der Waals surface area contributed by atoms with Crippen LogP contribution in [0, 0.1) is 13.8 Å². The molecular formula is C13H15ClO3. The Morgan fingerprint density at radius 3 is 2.59 bits per heavy atom. The molecule has 17 heavy (non-hydrogen) atoms. The number of methoxy groups -OCH3 is 1. The third-order valence-electron chi connectivity index (χ3n) is 3.26. The Balaban J connectivity index is 2.40. The van der Waals surface area contributed by atoms with Gasteiger partial charge in [0, 0.05) is 0 Å². The Bertz CT molecular complexity index is 486. The Morgan fingerprint density at radius 2 is 2.06 bits per heavy atom. The van der Waals surface area contributed by atoms with Crippen LogP contribution in [0.15, 0.2) is 18.2 Å². The minimum Gasteiger partial charge on any atom is -0.466 e. The smallest absolute Gasteiger partial charge is 0.357 e. The van der Waals surface area contributed by atoms with E-state index in [4.69, 9.17) is 16.3 Å². The molecule has 1 aromatic carbocycles. The number of epoxide rings is 1. The molecule has 2 atom stereocenters. The predicted molar refractivity (Wildman–Crippen MR) is 65.0 cm³/mol. The number of rotatable bonds is 2. The average Bonchev–Trinajstić information content (AvgIpc) is 2.82. The van der Waals surface area contributed by atoms with Crippen molar-refractivity contribution in [3.8, 4) is 0 Å². The first-order valence-corrected chi connectivity index (χ1v) is 5.78. The molecule has 0 spiro atoms. The number of benzene rings is 1. The Hall–Kier alpha value is -1.06. The summed E-state index contributed by atoms with van der Waals surface area (Å²) in [7, 11) is 1.30. The zero-order chi connectivity index (χ0) is 12.8. The summed E-state index contributed by atoms with van der Waals surface area (Å²) in [6.45, 7) is 5.79. The second kappa shape index (κ2) is 3.72. The summed E-state index contributed by atoms with van der Waals surface area (Å²) in [5.41, 5.74) is 2.33. The van der Waals surface area contributed by atoms with E-state index in [2.05, 4.69) is 4.74 Å². The fraction of sp³-hybridized carbons (Fsp3) is 0.462. The molecule has 1 aliphatic rings. The maximum atomic E-state index is 11.6. The fourth-order valence-corrected chi connectivity index (χ4v) is 2.53. The molecule has 0 aliphatic carbocycles. The number of aryl methyl sites for hydroxylation is 2. The molecule has 1 saturated heterocycles. The van der Waals surface area contributed by atoms with Crippen molar-refractivity contribution in [2.75, 3.05) is 7.11 Å². The van der Waals surface area contributed by atoms with Crippen molar-refractivity contribution in [3.05, 3.63) is 34.9 Å². The summed E-state index contributed by atoms with van der Waals surface area (Å²) in [4.78, 5) is 11.6. The van der Waals surface area contributed by atoms with E-state index < -0.39 is 16.6 Å². The first kappa shape index (κ1) is 12.4. The predicted octanol–water partition coefficient (Wildman–Crippen LogP) is 2.66. The first-order chi connectivity index (χ1) is 7.85. The lowest BCUT2D eigenvalue weighted by molar-refractivity contribution is -0.143. The van der Waals surface area contributed by atoms with Crippen molar-refractivity contribution in [1.82, 2.24) is 0 Å². The molecule has 0 amide bonds. The van der Waals surface area contributed by atoms with E-state index in [-0.39, 0.29) is 0 Å². The molecule has 0 bridgehead atoms. The maximum absolute atomic E-state index is 11.6. The lowest BCUT2D eigenvalue weighted by Crippen LogP contribution is -2.27. The van der Waals surface area contributed by atoms with Gasteiger partial charge in [-0.25, -0.2) is 4.79 Å². The number of hydrogen-bond donors (Lipinski definition) is 0. The highest BCUT2D eigenvalue weighted by atomic mass is 35.5. The van der Waals surface area contributed by atoms with Crippen LogP contribution in [0.2, 0.25) is 0 Å². The molecule has 1 aromatic rings. The van der Waals surface area contributed by atoms with E-state index in [9.17, 15) is 4.79 Å². The molecule has 0 N–H and O–H groups in total. The van der Waals surface area contributed by atoms with E-state index in [0.29, 0.717) is 0 Å². The molecule has 92 valence electrons. The van der Waals surface area contributed by atoms with Gasteiger partial charge in [-0.15, -0.1) is 0 Å². The number of alkyl halides is 1. The van der Waals surface area contributed by atoms with Gasteiger partial charge < -0.3 is 9.47 Å². The molecule has 1 fully saturated rings. The first-order valence-electron chi connectivity index (χ1n) is 5.40. The van der Waals surface area contributed by atoms with Gasteiger partial charge in [-0.3, -0.25) is 0 Å². The highest BCUT2D eigenvalue weighted by Crippen LogP contribution is 2.59. The summed E-state index contributed by atoms with van der Waals surface area (Å²) < 4.78 is 10.1. The zero-order valence-electron chi connectivity index (χ0n) is 10.3. The van der Waals surface area contributed by atoms with Crippen LogP contribution < -0.4 is 0 Å². The summed E-state index contributed by atoms with van der Waals surface area (Å²) in [6, 6.07) is 5.96. The van der Waals surface area contributed by atoms with Crippen molar-refractivity contribution >= 4 is 17.6 Å². The summed E-state index contributed by atoms with van der Waals surface area (Å²) >= 11 is 6.15. The number of carbonyl (C=O) groups excluding carboxylic acids is 1. The molecule has 3 nitrogen and oxygen atoms in total. The van der Waals surface area contributed by atoms with Crippen LogP contribution in [0.4, 0.5) is 0 Å². The van der Waals surface area contributed by atoms with Gasteiger partial charge in [0.15, 0.2) is 0 Å². The number of hydrogen-bond acceptors (Lipinski definition) is 3. The summed E-state index contributed by atoms with van der Waals surface area (Å²) in [6.07, 6.45) is 0. The van der Waals surface area contributed by atoms with Crippen molar-refractivity contribution in [2.45, 2.75) is 31.4 Å². The van der Waals surface area contributed by atoms with Crippen LogP contribution in [-0.4, -0.2) is 18.1 Å². The molecule has 1 heterocycles. The largest absolute Gasteiger partial charge is 0.466 e. The molecule has 0 aromatic heterocycles. The van der Waals surface area contributed by atoms with E-state index in [1.165, 1.54) is 7.11 Å². The minimum absolute atomic E-state index is 0.554. The second-order valence-electron chi connectivity index (χ2n) is 4.54. The SMILES string of the molecule is COC(=O)C1(Cl)OC1(C)c1ccc(C)cc1C. The van der Waals surface area contributed by atoms with E-state index >= 15 is 0 Å². The highest BCUT2D eigenvalue weighted by molar-refractivity contribution is 6.35. The van der Waals surface area contributed by atoms with Gasteiger partial charge in [-0.05, 0) is 31.9 Å². The third-order valence-corrected chi connectivity index (χ3v) is 3.85. The van der Waals surface area contributed by atoms with Gasteiger partial charge in [0.25, 0.3) is 5.06 Å². The number of carbonyl (C=O) groups is 1. The number of ether oxygens (including phenoxy) is 2. The van der Waals surface area contributed by atoms with Gasteiger partial charge in [0.05, 0.1) is 7.11 Å². The van der Waals surface area contributed by atoms with Crippen molar-refractivity contribution < 1.29 is 14.3 Å². The topological polar surface area (TPSA) is 38.8 Å². The van der Waals surface area contributed by atoms with E-state index in [1.54, 1.807) is 6.92 Å². The molecule has 2 rings (SSSR count). The van der Waals surface area contributed by atoms with Crippen LogP contribution in [0.3, 0.4) is 0 Å². The van der Waals surface area contributed by atoms with Gasteiger partial charge in [0.1, 0.15) is 5.60 Å². The summed E-state index contributed by atoms with van der Waals surface area (Å²) in [5.74, 6) is -0.554. The fourth-order valence-electron chi connectivity index (χ4n) is 2.20. The molecule has 0 saturated carbocycles. The quantitative estimate of drug-likeness (QED) is 0.463. The van der Waals surface area contributed by atoms with Gasteiger partial charge in [0.2, 0.25) is 0 Å². The molecule has 0 radical (unpaired) electrons. The van der Waals surface area contributed by atoms with Crippen molar-refractivity contribution in [1.29, 1.82) is 0 Å². The Kier molecular flexibility index (Phi) is 2.71. The molecule has 2 unspecified atom stereocenters. The van der Waals surface area contributed by atoms with Crippen LogP contribution in [0.1, 0.15) is 23.6 Å².